The van der Waals surface area contributed by atoms with E-state index in [1.807, 2.05) is 30.6 Å². The molecule has 3 heteroatoms. The number of aldehydes is 1. The van der Waals surface area contributed by atoms with Crippen molar-refractivity contribution < 1.29 is 4.79 Å². The lowest BCUT2D eigenvalue weighted by Gasteiger charge is -2.38. The van der Waals surface area contributed by atoms with Gasteiger partial charge in [-0.05, 0) is 52.4 Å². The molecule has 6 aromatic rings. The minimum atomic E-state index is -0.633. The number of aromatic nitrogens is 2. The molecule has 1 aromatic heterocycles. The summed E-state index contributed by atoms with van der Waals surface area (Å²) in [5, 5.41) is 0. The molecule has 0 spiro atoms. The number of aryl methyl sites for hydroxylation is 1. The molecule has 0 saturated heterocycles. The van der Waals surface area contributed by atoms with Gasteiger partial charge in [-0.15, -0.1) is 0 Å². The molecule has 0 aliphatic carbocycles. The predicted molar refractivity (Wildman–Crippen MR) is 150 cm³/mol. The summed E-state index contributed by atoms with van der Waals surface area (Å²) < 4.78 is 2.31. The first-order valence-electron chi connectivity index (χ1n) is 12.4. The van der Waals surface area contributed by atoms with Gasteiger partial charge in [0, 0.05) is 5.56 Å². The van der Waals surface area contributed by atoms with E-state index in [1.54, 1.807) is 0 Å². The largest absolute Gasteiger partial charge is 0.312 e. The molecule has 0 bridgehead atoms. The Morgan fingerprint density at radius 2 is 1.19 bits per heavy atom. The Hall–Kier alpha value is -4.76. The number of nitrogens with zero attached hydrogens (tertiary/aromatic N) is 2. The Bertz CT molecular complexity index is 1570. The van der Waals surface area contributed by atoms with Crippen LogP contribution in [0.5, 0.6) is 0 Å². The molecule has 0 aliphatic rings. The minimum Gasteiger partial charge on any atom is -0.312 e. The zero-order valence-electron chi connectivity index (χ0n) is 20.6. The lowest BCUT2D eigenvalue weighted by molar-refractivity contribution is 0.112. The molecule has 0 atom stereocenters. The van der Waals surface area contributed by atoms with Gasteiger partial charge in [0.1, 0.15) is 11.8 Å². The molecule has 3 nitrogen and oxygen atoms in total. The molecule has 1 heterocycles. The first-order chi connectivity index (χ1) is 18.2. The van der Waals surface area contributed by atoms with Gasteiger partial charge in [-0.2, -0.15) is 0 Å². The van der Waals surface area contributed by atoms with Crippen molar-refractivity contribution in [1.82, 2.24) is 9.55 Å². The molecule has 178 valence electrons. The summed E-state index contributed by atoms with van der Waals surface area (Å²) in [5.41, 5.74) is 8.82. The van der Waals surface area contributed by atoms with E-state index >= 15 is 0 Å². The summed E-state index contributed by atoms with van der Waals surface area (Å²) in [6.45, 7) is 2.11. The van der Waals surface area contributed by atoms with E-state index < -0.39 is 5.54 Å². The van der Waals surface area contributed by atoms with Crippen LogP contribution in [0.4, 0.5) is 0 Å². The maximum atomic E-state index is 11.2. The van der Waals surface area contributed by atoms with Crippen molar-refractivity contribution in [2.24, 2.45) is 0 Å². The first kappa shape index (κ1) is 22.7. The fraction of sp³-hybridized carbons (Fsp3) is 0.0588. The zero-order valence-corrected chi connectivity index (χ0v) is 20.6. The number of hydrogen-bond acceptors (Lipinski definition) is 2. The van der Waals surface area contributed by atoms with Crippen molar-refractivity contribution in [3.63, 3.8) is 0 Å². The number of hydrogen-bond donors (Lipinski definition) is 0. The minimum absolute atomic E-state index is 0.633. The third-order valence-electron chi connectivity index (χ3n) is 7.19. The second-order valence-electron chi connectivity index (χ2n) is 9.32. The molecule has 0 amide bonds. The van der Waals surface area contributed by atoms with Crippen molar-refractivity contribution >= 4 is 17.3 Å². The van der Waals surface area contributed by atoms with Gasteiger partial charge >= 0.3 is 0 Å². The maximum Gasteiger partial charge on any atom is 0.150 e. The highest BCUT2D eigenvalue weighted by Crippen LogP contribution is 2.43. The van der Waals surface area contributed by atoms with Crippen LogP contribution in [0.3, 0.4) is 0 Å². The average molecular weight is 479 g/mol. The molecule has 0 N–H and O–H groups in total. The van der Waals surface area contributed by atoms with Gasteiger partial charge in [0.05, 0.1) is 17.4 Å². The summed E-state index contributed by atoms with van der Waals surface area (Å²) >= 11 is 0. The molecule has 0 saturated carbocycles. The lowest BCUT2D eigenvalue weighted by atomic mass is 9.76. The average Bonchev–Trinajstić information content (AvgIpc) is 3.37. The summed E-state index contributed by atoms with van der Waals surface area (Å²) in [6, 6.07) is 44.1. The van der Waals surface area contributed by atoms with E-state index in [9.17, 15) is 4.79 Å². The van der Waals surface area contributed by atoms with E-state index in [4.69, 9.17) is 4.98 Å². The lowest BCUT2D eigenvalue weighted by Crippen LogP contribution is -2.37. The molecule has 0 unspecified atom stereocenters. The van der Waals surface area contributed by atoms with Crippen molar-refractivity contribution in [3.05, 3.63) is 162 Å². The van der Waals surface area contributed by atoms with Crippen LogP contribution in [0.25, 0.3) is 22.2 Å². The van der Waals surface area contributed by atoms with Gasteiger partial charge < -0.3 is 4.57 Å². The van der Waals surface area contributed by atoms with Gasteiger partial charge in [-0.3, -0.25) is 4.79 Å². The molecule has 5 aromatic carbocycles. The number of imidazole rings is 1. The standard InChI is InChI=1S/C34H26N2O/c1-25-21-32-33(22-31(25)27-19-17-26(23-37)18-20-27)36(24-35-32)34(28-11-5-2-6-12-28,29-13-7-3-8-14-29)30-15-9-4-10-16-30/h2-24H,1H3. The summed E-state index contributed by atoms with van der Waals surface area (Å²) in [4.78, 5) is 16.1. The van der Waals surface area contributed by atoms with Crippen LogP contribution < -0.4 is 0 Å². The molecule has 0 aliphatic heterocycles. The van der Waals surface area contributed by atoms with E-state index in [-0.39, 0.29) is 0 Å². The maximum absolute atomic E-state index is 11.2. The monoisotopic (exact) mass is 478 g/mol. The Morgan fingerprint density at radius 1 is 0.676 bits per heavy atom. The van der Waals surface area contributed by atoms with Crippen molar-refractivity contribution in [1.29, 1.82) is 0 Å². The zero-order chi connectivity index (χ0) is 25.2. The second-order valence-corrected chi connectivity index (χ2v) is 9.32. The van der Waals surface area contributed by atoms with Crippen LogP contribution in [-0.4, -0.2) is 15.8 Å². The number of benzene rings is 5. The predicted octanol–water partition coefficient (Wildman–Crippen LogP) is 7.66. The highest BCUT2D eigenvalue weighted by atomic mass is 16.1. The number of carbonyl (C=O) groups excluding carboxylic acids is 1. The van der Waals surface area contributed by atoms with E-state index in [1.165, 1.54) is 0 Å². The third-order valence-corrected chi connectivity index (χ3v) is 7.19. The highest BCUT2D eigenvalue weighted by molar-refractivity contribution is 5.86. The Kier molecular flexibility index (Phi) is 5.74. The van der Waals surface area contributed by atoms with Crippen LogP contribution in [0.1, 0.15) is 32.6 Å². The SMILES string of the molecule is Cc1cc2ncn(C(c3ccccc3)(c3ccccc3)c3ccccc3)c2cc1-c1ccc(C=O)cc1. The second kappa shape index (κ2) is 9.36. The normalized spacial score (nSPS) is 11.5. The smallest absolute Gasteiger partial charge is 0.150 e. The van der Waals surface area contributed by atoms with Crippen LogP contribution in [0.15, 0.2) is 134 Å². The van der Waals surface area contributed by atoms with Crippen LogP contribution >= 0.6 is 0 Å². The Morgan fingerprint density at radius 3 is 1.68 bits per heavy atom. The topological polar surface area (TPSA) is 34.9 Å². The van der Waals surface area contributed by atoms with Gasteiger partial charge in [0.15, 0.2) is 0 Å². The van der Waals surface area contributed by atoms with Crippen LogP contribution in [-0.2, 0) is 5.54 Å². The van der Waals surface area contributed by atoms with E-state index in [0.717, 1.165) is 50.7 Å². The third kappa shape index (κ3) is 3.76. The van der Waals surface area contributed by atoms with Gasteiger partial charge in [-0.25, -0.2) is 4.98 Å². The Balaban J connectivity index is 1.70. The van der Waals surface area contributed by atoms with Gasteiger partial charge in [-0.1, -0.05) is 115 Å². The highest BCUT2D eigenvalue weighted by Gasteiger charge is 2.39. The van der Waals surface area contributed by atoms with E-state index in [0.29, 0.717) is 5.56 Å². The molecule has 0 radical (unpaired) electrons. The molecular weight excluding hydrogens is 452 g/mol. The fourth-order valence-corrected chi connectivity index (χ4v) is 5.43. The number of carbonyl (C=O) groups is 1. The first-order valence-corrected chi connectivity index (χ1v) is 12.4. The van der Waals surface area contributed by atoms with Crippen molar-refractivity contribution in [2.45, 2.75) is 12.5 Å². The van der Waals surface area contributed by atoms with Crippen molar-refractivity contribution in [2.75, 3.05) is 0 Å². The molecule has 0 fully saturated rings. The molecule has 37 heavy (non-hydrogen) atoms. The quantitative estimate of drug-likeness (QED) is 0.182. The number of rotatable bonds is 6. The van der Waals surface area contributed by atoms with Crippen LogP contribution in [0.2, 0.25) is 0 Å². The molecular formula is C34H26N2O. The van der Waals surface area contributed by atoms with Crippen LogP contribution in [0, 0.1) is 6.92 Å². The van der Waals surface area contributed by atoms with E-state index in [2.05, 4.69) is 115 Å². The molecule has 6 rings (SSSR count). The summed E-state index contributed by atoms with van der Waals surface area (Å²) in [7, 11) is 0. The van der Waals surface area contributed by atoms with Gasteiger partial charge in [0.25, 0.3) is 0 Å². The number of fused-ring (bicyclic) bond motifs is 1. The van der Waals surface area contributed by atoms with Crippen molar-refractivity contribution in [3.8, 4) is 11.1 Å². The summed E-state index contributed by atoms with van der Waals surface area (Å²) in [5.74, 6) is 0. The van der Waals surface area contributed by atoms with Gasteiger partial charge in [0.2, 0.25) is 0 Å². The Labute approximate surface area is 216 Å². The fourth-order valence-electron chi connectivity index (χ4n) is 5.43. The summed E-state index contributed by atoms with van der Waals surface area (Å²) in [6.07, 6.45) is 2.85.